The van der Waals surface area contributed by atoms with Crippen LogP contribution in [0.3, 0.4) is 0 Å². The van der Waals surface area contributed by atoms with Crippen LogP contribution in [-0.2, 0) is 4.79 Å². The van der Waals surface area contributed by atoms with Crippen molar-refractivity contribution >= 4 is 6.29 Å². The van der Waals surface area contributed by atoms with Gasteiger partial charge >= 0.3 is 0 Å². The summed E-state index contributed by atoms with van der Waals surface area (Å²) in [6, 6.07) is 0. The van der Waals surface area contributed by atoms with E-state index in [-0.39, 0.29) is 0 Å². The monoisotopic (exact) mass is 178 g/mol. The molecule has 0 aromatic rings. The van der Waals surface area contributed by atoms with Gasteiger partial charge < -0.3 is 0 Å². The molecule has 0 radical (unpaired) electrons. The van der Waals surface area contributed by atoms with E-state index in [0.717, 1.165) is 18.1 Å². The van der Waals surface area contributed by atoms with Gasteiger partial charge in [-0.3, -0.25) is 4.79 Å². The lowest BCUT2D eigenvalue weighted by molar-refractivity contribution is -0.104. The molecule has 72 valence electrons. The van der Waals surface area contributed by atoms with Crippen LogP contribution in [0.1, 0.15) is 44.9 Å². The molecule has 1 heteroatoms. The summed E-state index contributed by atoms with van der Waals surface area (Å²) in [6.07, 6.45) is 12.2. The Hall–Kier alpha value is -0.590. The summed E-state index contributed by atoms with van der Waals surface area (Å²) >= 11 is 0. The van der Waals surface area contributed by atoms with Crippen LogP contribution in [0.5, 0.6) is 0 Å². The first kappa shape index (κ1) is 8.98. The zero-order chi connectivity index (χ0) is 9.10. The summed E-state index contributed by atoms with van der Waals surface area (Å²) in [5.41, 5.74) is 1.40. The van der Waals surface area contributed by atoms with Crippen LogP contribution in [0.15, 0.2) is 11.6 Å². The van der Waals surface area contributed by atoms with E-state index in [2.05, 4.69) is 0 Å². The van der Waals surface area contributed by atoms with E-state index < -0.39 is 0 Å². The largest absolute Gasteiger partial charge is 0.299 e. The Balaban J connectivity index is 1.98. The van der Waals surface area contributed by atoms with Gasteiger partial charge in [-0.15, -0.1) is 0 Å². The molecule has 0 N–H and O–H groups in total. The van der Waals surface area contributed by atoms with Crippen LogP contribution in [0, 0.1) is 11.8 Å². The van der Waals surface area contributed by atoms with E-state index >= 15 is 0 Å². The van der Waals surface area contributed by atoms with Crippen molar-refractivity contribution in [2.45, 2.75) is 44.9 Å². The van der Waals surface area contributed by atoms with Gasteiger partial charge in [0.15, 0.2) is 0 Å². The second-order valence-corrected chi connectivity index (χ2v) is 4.51. The number of fused-ring (bicyclic) bond motifs is 1. The van der Waals surface area contributed by atoms with E-state index in [4.69, 9.17) is 0 Å². The van der Waals surface area contributed by atoms with Gasteiger partial charge in [0.05, 0.1) is 0 Å². The van der Waals surface area contributed by atoms with Crippen molar-refractivity contribution < 1.29 is 4.79 Å². The minimum Gasteiger partial charge on any atom is -0.299 e. The van der Waals surface area contributed by atoms with Gasteiger partial charge in [0.2, 0.25) is 0 Å². The summed E-state index contributed by atoms with van der Waals surface area (Å²) in [5.74, 6) is 1.89. The molecule has 0 bridgehead atoms. The summed E-state index contributed by atoms with van der Waals surface area (Å²) in [5, 5.41) is 0. The highest BCUT2D eigenvalue weighted by atomic mass is 16.1. The Labute approximate surface area is 80.2 Å². The number of hydrogen-bond donors (Lipinski definition) is 0. The molecule has 2 saturated carbocycles. The molecule has 2 fully saturated rings. The van der Waals surface area contributed by atoms with Crippen molar-refractivity contribution in [2.75, 3.05) is 0 Å². The zero-order valence-electron chi connectivity index (χ0n) is 8.17. The van der Waals surface area contributed by atoms with Crippen LogP contribution < -0.4 is 0 Å². The van der Waals surface area contributed by atoms with Gasteiger partial charge in [0.1, 0.15) is 6.29 Å². The summed E-state index contributed by atoms with van der Waals surface area (Å²) in [4.78, 5) is 10.4. The van der Waals surface area contributed by atoms with E-state index in [9.17, 15) is 4.79 Å². The molecular weight excluding hydrogens is 160 g/mol. The summed E-state index contributed by atoms with van der Waals surface area (Å²) < 4.78 is 0. The maximum atomic E-state index is 10.4. The Morgan fingerprint density at radius 1 is 1.08 bits per heavy atom. The Kier molecular flexibility index (Phi) is 2.82. The van der Waals surface area contributed by atoms with E-state index in [1.54, 1.807) is 6.08 Å². The first-order chi connectivity index (χ1) is 6.40. The molecule has 0 unspecified atom stereocenters. The van der Waals surface area contributed by atoms with Gasteiger partial charge in [0, 0.05) is 0 Å². The van der Waals surface area contributed by atoms with Gasteiger partial charge in [-0.05, 0) is 43.6 Å². The predicted octanol–water partition coefficient (Wildman–Crippen LogP) is 3.10. The molecule has 2 aliphatic rings. The number of allylic oxidation sites excluding steroid dienone is 2. The average molecular weight is 178 g/mol. The first-order valence-corrected chi connectivity index (χ1v) is 5.53. The molecule has 2 aliphatic carbocycles. The van der Waals surface area contributed by atoms with E-state index in [0.29, 0.717) is 0 Å². The molecule has 0 aliphatic heterocycles. The lowest BCUT2D eigenvalue weighted by Gasteiger charge is -2.36. The topological polar surface area (TPSA) is 17.1 Å². The quantitative estimate of drug-likeness (QED) is 0.445. The highest BCUT2D eigenvalue weighted by Crippen LogP contribution is 2.42. The minimum absolute atomic E-state index is 0.911. The molecule has 13 heavy (non-hydrogen) atoms. The van der Waals surface area contributed by atoms with Gasteiger partial charge in [0.25, 0.3) is 0 Å². The molecular formula is C12H18O. The fraction of sp³-hybridized carbons (Fsp3) is 0.750. The molecule has 0 saturated heterocycles. The average Bonchev–Trinajstić information content (AvgIpc) is 2.18. The van der Waals surface area contributed by atoms with Crippen molar-refractivity contribution in [3.8, 4) is 0 Å². The maximum Gasteiger partial charge on any atom is 0.142 e. The van der Waals surface area contributed by atoms with Crippen molar-refractivity contribution in [3.63, 3.8) is 0 Å². The molecule has 1 nitrogen and oxygen atoms in total. The first-order valence-electron chi connectivity index (χ1n) is 5.53. The zero-order valence-corrected chi connectivity index (χ0v) is 8.17. The predicted molar refractivity (Wildman–Crippen MR) is 53.4 cm³/mol. The Bertz CT molecular complexity index is 217. The van der Waals surface area contributed by atoms with Gasteiger partial charge in [-0.25, -0.2) is 0 Å². The van der Waals surface area contributed by atoms with Gasteiger partial charge in [-0.2, -0.15) is 0 Å². The van der Waals surface area contributed by atoms with E-state index in [1.165, 1.54) is 50.5 Å². The van der Waals surface area contributed by atoms with Crippen molar-refractivity contribution in [3.05, 3.63) is 11.6 Å². The molecule has 2 rings (SSSR count). The minimum atomic E-state index is 0.911. The third-order valence-corrected chi connectivity index (χ3v) is 3.73. The fourth-order valence-electron chi connectivity index (χ4n) is 2.99. The molecule has 0 aromatic heterocycles. The SMILES string of the molecule is O=C/C=C1/CC[C@H]2CCCC[C@@H]2C1. The summed E-state index contributed by atoms with van der Waals surface area (Å²) in [7, 11) is 0. The normalized spacial score (nSPS) is 37.1. The molecule has 0 aromatic carbocycles. The molecule has 2 atom stereocenters. The van der Waals surface area contributed by atoms with Crippen LogP contribution in [0.25, 0.3) is 0 Å². The van der Waals surface area contributed by atoms with Crippen LogP contribution >= 0.6 is 0 Å². The van der Waals surface area contributed by atoms with Crippen LogP contribution in [0.2, 0.25) is 0 Å². The third kappa shape index (κ3) is 2.01. The Morgan fingerprint density at radius 3 is 2.62 bits per heavy atom. The number of hydrogen-bond acceptors (Lipinski definition) is 1. The summed E-state index contributed by atoms with van der Waals surface area (Å²) in [6.45, 7) is 0. The third-order valence-electron chi connectivity index (χ3n) is 3.73. The molecule has 0 heterocycles. The van der Waals surface area contributed by atoms with Crippen molar-refractivity contribution in [2.24, 2.45) is 11.8 Å². The second kappa shape index (κ2) is 4.08. The Morgan fingerprint density at radius 2 is 1.85 bits per heavy atom. The lowest BCUT2D eigenvalue weighted by atomic mass is 9.69. The van der Waals surface area contributed by atoms with Gasteiger partial charge in [-0.1, -0.05) is 24.8 Å². The standard InChI is InChI=1S/C12H18O/c13-8-7-10-5-6-11-3-1-2-4-12(11)9-10/h7-8,11-12H,1-6,9H2/b10-7-/t11-,12-/m1/s1. The maximum absolute atomic E-state index is 10.4. The fourth-order valence-corrected chi connectivity index (χ4v) is 2.99. The number of carbonyl (C=O) groups is 1. The number of carbonyl (C=O) groups excluding carboxylic acids is 1. The second-order valence-electron chi connectivity index (χ2n) is 4.51. The molecule has 0 amide bonds. The lowest BCUT2D eigenvalue weighted by Crippen LogP contribution is -2.24. The number of rotatable bonds is 1. The smallest absolute Gasteiger partial charge is 0.142 e. The molecule has 0 spiro atoms. The highest BCUT2D eigenvalue weighted by molar-refractivity contribution is 5.66. The number of aldehydes is 1. The van der Waals surface area contributed by atoms with Crippen molar-refractivity contribution in [1.29, 1.82) is 0 Å². The van der Waals surface area contributed by atoms with Crippen LogP contribution in [0.4, 0.5) is 0 Å². The van der Waals surface area contributed by atoms with Crippen molar-refractivity contribution in [1.82, 2.24) is 0 Å². The van der Waals surface area contributed by atoms with Crippen LogP contribution in [-0.4, -0.2) is 6.29 Å². The highest BCUT2D eigenvalue weighted by Gasteiger charge is 2.29. The van der Waals surface area contributed by atoms with E-state index in [1.807, 2.05) is 0 Å².